The quantitative estimate of drug-likeness (QED) is 0.835. The van der Waals surface area contributed by atoms with E-state index in [-0.39, 0.29) is 28.9 Å². The lowest BCUT2D eigenvalue weighted by Crippen LogP contribution is -2.18. The standard InChI is InChI=1S/C19H25N3O3S/c1-5-12(4)22-18-16(19(24)21-22)17(26-10-15(23)20-18)13-6-8-14(9-7-13)25-11(2)3/h6-9,11-12,17H,5,10H2,1-4H3,(H,20,23)(H,21,24)/t12-,17+/m0/s1. The number of nitrogens with one attached hydrogen (secondary N) is 2. The second kappa shape index (κ2) is 7.61. The Kier molecular flexibility index (Phi) is 5.46. The maximum absolute atomic E-state index is 12.7. The highest BCUT2D eigenvalue weighted by molar-refractivity contribution is 8.00. The van der Waals surface area contributed by atoms with Gasteiger partial charge in [0.2, 0.25) is 5.91 Å². The highest BCUT2D eigenvalue weighted by Crippen LogP contribution is 2.40. The Morgan fingerprint density at radius 3 is 2.54 bits per heavy atom. The van der Waals surface area contributed by atoms with Crippen LogP contribution < -0.4 is 15.6 Å². The van der Waals surface area contributed by atoms with Gasteiger partial charge in [0.05, 0.1) is 22.7 Å². The van der Waals surface area contributed by atoms with Gasteiger partial charge in [0.25, 0.3) is 5.56 Å². The maximum Gasteiger partial charge on any atom is 0.270 e. The molecule has 3 rings (SSSR count). The fraction of sp³-hybridized carbons (Fsp3) is 0.474. The van der Waals surface area contributed by atoms with Crippen molar-refractivity contribution in [2.75, 3.05) is 11.1 Å². The number of hydrogen-bond acceptors (Lipinski definition) is 4. The monoisotopic (exact) mass is 375 g/mol. The number of aromatic nitrogens is 2. The fourth-order valence-corrected chi connectivity index (χ4v) is 4.14. The average molecular weight is 375 g/mol. The number of amides is 1. The van der Waals surface area contributed by atoms with Crippen molar-refractivity contribution >= 4 is 23.5 Å². The van der Waals surface area contributed by atoms with Gasteiger partial charge >= 0.3 is 0 Å². The summed E-state index contributed by atoms with van der Waals surface area (Å²) in [5.41, 5.74) is 1.44. The number of carbonyl (C=O) groups is 1. The summed E-state index contributed by atoms with van der Waals surface area (Å²) in [4.78, 5) is 24.9. The number of nitrogens with zero attached hydrogens (tertiary/aromatic N) is 1. The molecule has 140 valence electrons. The summed E-state index contributed by atoms with van der Waals surface area (Å²) >= 11 is 1.47. The van der Waals surface area contributed by atoms with Crippen molar-refractivity contribution in [2.45, 2.75) is 51.5 Å². The molecular weight excluding hydrogens is 350 g/mol. The molecule has 2 N–H and O–H groups in total. The van der Waals surface area contributed by atoms with Gasteiger partial charge in [0, 0.05) is 6.04 Å². The minimum Gasteiger partial charge on any atom is -0.491 e. The van der Waals surface area contributed by atoms with Crippen LogP contribution in [0.4, 0.5) is 5.82 Å². The summed E-state index contributed by atoms with van der Waals surface area (Å²) in [6, 6.07) is 7.85. The van der Waals surface area contributed by atoms with Crippen LogP contribution in [0.3, 0.4) is 0 Å². The second-order valence-electron chi connectivity index (χ2n) is 6.81. The first-order valence-corrected chi connectivity index (χ1v) is 9.98. The fourth-order valence-electron chi connectivity index (χ4n) is 3.01. The largest absolute Gasteiger partial charge is 0.491 e. The van der Waals surface area contributed by atoms with Gasteiger partial charge in [-0.15, -0.1) is 11.8 Å². The van der Waals surface area contributed by atoms with Crippen LogP contribution in [0.5, 0.6) is 5.75 Å². The summed E-state index contributed by atoms with van der Waals surface area (Å²) in [6.45, 7) is 8.03. The van der Waals surface area contributed by atoms with E-state index < -0.39 is 0 Å². The van der Waals surface area contributed by atoms with E-state index in [2.05, 4.69) is 10.4 Å². The normalized spacial score (nSPS) is 18.2. The molecule has 1 aliphatic heterocycles. The van der Waals surface area contributed by atoms with E-state index in [0.717, 1.165) is 17.7 Å². The molecule has 0 saturated heterocycles. The molecule has 1 aromatic carbocycles. The highest BCUT2D eigenvalue weighted by Gasteiger charge is 2.31. The van der Waals surface area contributed by atoms with Crippen molar-refractivity contribution in [3.63, 3.8) is 0 Å². The summed E-state index contributed by atoms with van der Waals surface area (Å²) in [5.74, 6) is 1.60. The first-order chi connectivity index (χ1) is 12.4. The predicted molar refractivity (Wildman–Crippen MR) is 105 cm³/mol. The number of rotatable bonds is 5. The highest BCUT2D eigenvalue weighted by atomic mass is 32.2. The lowest BCUT2D eigenvalue weighted by molar-refractivity contribution is -0.113. The summed E-state index contributed by atoms with van der Waals surface area (Å²) in [7, 11) is 0. The van der Waals surface area contributed by atoms with Gasteiger partial charge in [0.1, 0.15) is 11.6 Å². The van der Waals surface area contributed by atoms with Crippen LogP contribution in [0, 0.1) is 0 Å². The van der Waals surface area contributed by atoms with Crippen LogP contribution in [0.15, 0.2) is 29.1 Å². The number of fused-ring (bicyclic) bond motifs is 1. The lowest BCUT2D eigenvalue weighted by atomic mass is 10.1. The van der Waals surface area contributed by atoms with E-state index in [9.17, 15) is 9.59 Å². The van der Waals surface area contributed by atoms with Gasteiger partial charge in [-0.25, -0.2) is 0 Å². The first kappa shape index (κ1) is 18.6. The smallest absolute Gasteiger partial charge is 0.270 e. The number of benzene rings is 1. The van der Waals surface area contributed by atoms with E-state index >= 15 is 0 Å². The Balaban J connectivity index is 2.03. The number of ether oxygens (including phenoxy) is 1. The predicted octanol–water partition coefficient (Wildman–Crippen LogP) is 3.71. The topological polar surface area (TPSA) is 76.1 Å². The second-order valence-corrected chi connectivity index (χ2v) is 7.90. The Bertz CT molecular complexity index is 839. The van der Waals surface area contributed by atoms with Gasteiger partial charge in [-0.05, 0) is 44.9 Å². The van der Waals surface area contributed by atoms with Gasteiger partial charge in [-0.3, -0.25) is 19.4 Å². The molecule has 1 aromatic heterocycles. The van der Waals surface area contributed by atoms with Crippen molar-refractivity contribution in [1.29, 1.82) is 0 Å². The number of carbonyl (C=O) groups excluding carboxylic acids is 1. The van der Waals surface area contributed by atoms with Crippen molar-refractivity contribution in [3.8, 4) is 5.75 Å². The molecule has 0 bridgehead atoms. The van der Waals surface area contributed by atoms with E-state index in [1.807, 2.05) is 52.0 Å². The molecule has 0 unspecified atom stereocenters. The average Bonchev–Trinajstić information content (AvgIpc) is 2.81. The zero-order valence-corrected chi connectivity index (χ0v) is 16.4. The summed E-state index contributed by atoms with van der Waals surface area (Å²) in [5, 5.41) is 5.61. The van der Waals surface area contributed by atoms with E-state index in [0.29, 0.717) is 17.1 Å². The van der Waals surface area contributed by atoms with Gasteiger partial charge < -0.3 is 10.1 Å². The Labute approximate surface area is 157 Å². The number of H-pyrrole nitrogens is 1. The third kappa shape index (κ3) is 3.67. The van der Waals surface area contributed by atoms with E-state index in [1.54, 1.807) is 4.68 Å². The first-order valence-electron chi connectivity index (χ1n) is 8.93. The van der Waals surface area contributed by atoms with E-state index in [4.69, 9.17) is 4.74 Å². The molecule has 0 saturated carbocycles. The molecule has 6 nitrogen and oxygen atoms in total. The number of hydrogen-bond donors (Lipinski definition) is 2. The number of aromatic amines is 1. The van der Waals surface area contributed by atoms with Crippen LogP contribution in [0.25, 0.3) is 0 Å². The maximum atomic E-state index is 12.7. The lowest BCUT2D eigenvalue weighted by Gasteiger charge is -2.17. The van der Waals surface area contributed by atoms with Crippen LogP contribution in [-0.4, -0.2) is 27.5 Å². The third-order valence-electron chi connectivity index (χ3n) is 4.45. The number of thioether (sulfide) groups is 1. The molecule has 0 fully saturated rings. The van der Waals surface area contributed by atoms with Crippen molar-refractivity contribution in [2.24, 2.45) is 0 Å². The molecule has 0 aliphatic carbocycles. The summed E-state index contributed by atoms with van der Waals surface area (Å²) in [6.07, 6.45) is 0.959. The molecule has 2 heterocycles. The molecule has 2 aromatic rings. The zero-order valence-electron chi connectivity index (χ0n) is 15.5. The van der Waals surface area contributed by atoms with Crippen molar-refractivity contribution < 1.29 is 9.53 Å². The summed E-state index contributed by atoms with van der Waals surface area (Å²) < 4.78 is 7.48. The molecule has 1 aliphatic rings. The SMILES string of the molecule is CC[C@H](C)n1[nH]c(=O)c2c1NC(=O)CS[C@@H]2c1ccc(OC(C)C)cc1. The molecule has 0 radical (unpaired) electrons. The molecule has 7 heteroatoms. The van der Waals surface area contributed by atoms with Crippen LogP contribution in [0.1, 0.15) is 56.5 Å². The van der Waals surface area contributed by atoms with Crippen molar-refractivity contribution in [1.82, 2.24) is 9.78 Å². The molecule has 26 heavy (non-hydrogen) atoms. The van der Waals surface area contributed by atoms with Crippen molar-refractivity contribution in [3.05, 3.63) is 45.7 Å². The minimum atomic E-state index is -0.203. The van der Waals surface area contributed by atoms with Gasteiger partial charge in [0.15, 0.2) is 0 Å². The minimum absolute atomic E-state index is 0.0884. The molecule has 2 atom stereocenters. The van der Waals surface area contributed by atoms with E-state index in [1.165, 1.54) is 11.8 Å². The third-order valence-corrected chi connectivity index (χ3v) is 5.72. The Morgan fingerprint density at radius 2 is 1.92 bits per heavy atom. The molecule has 1 amide bonds. The van der Waals surface area contributed by atoms with Crippen LogP contribution >= 0.6 is 11.8 Å². The number of anilines is 1. The molecule has 0 spiro atoms. The Morgan fingerprint density at radius 1 is 1.23 bits per heavy atom. The zero-order chi connectivity index (χ0) is 18.8. The Hall–Kier alpha value is -2.15. The van der Waals surface area contributed by atoms with Crippen LogP contribution in [0.2, 0.25) is 0 Å². The van der Waals surface area contributed by atoms with Crippen LogP contribution in [-0.2, 0) is 4.79 Å². The molecular formula is C19H25N3O3S. The van der Waals surface area contributed by atoms with Gasteiger partial charge in [-0.1, -0.05) is 19.1 Å². The van der Waals surface area contributed by atoms with Gasteiger partial charge in [-0.2, -0.15) is 0 Å².